The fraction of sp³-hybridized carbons (Fsp3) is 0.0833. The van der Waals surface area contributed by atoms with Gasteiger partial charge >= 0.3 is 5.63 Å². The van der Waals surface area contributed by atoms with E-state index < -0.39 is 5.63 Å². The molecule has 0 aliphatic carbocycles. The third-order valence-electron chi connectivity index (χ3n) is 2.59. The van der Waals surface area contributed by atoms with E-state index in [1.807, 2.05) is 0 Å². The van der Waals surface area contributed by atoms with Crippen molar-refractivity contribution < 1.29 is 9.52 Å². The molecule has 0 spiro atoms. The molecule has 0 bridgehead atoms. The van der Waals surface area contributed by atoms with Gasteiger partial charge in [-0.25, -0.2) is 4.79 Å². The molecule has 2 aromatic heterocycles. The predicted molar refractivity (Wildman–Crippen MR) is 69.4 cm³/mol. The summed E-state index contributed by atoms with van der Waals surface area (Å²) >= 11 is 0. The number of nitrogens with one attached hydrogen (secondary N) is 1. The molecule has 0 fully saturated rings. The topological polar surface area (TPSA) is 117 Å². The lowest BCUT2D eigenvalue weighted by Crippen LogP contribution is -1.98. The zero-order valence-electron chi connectivity index (χ0n) is 10.4. The Kier molecular flexibility index (Phi) is 2.75. The lowest BCUT2D eigenvalue weighted by atomic mass is 10.2. The Morgan fingerprint density at radius 3 is 2.85 bits per heavy atom. The molecule has 2 heterocycles. The highest BCUT2D eigenvalue weighted by molar-refractivity contribution is 5.87. The van der Waals surface area contributed by atoms with Gasteiger partial charge in [0.1, 0.15) is 11.4 Å². The standard InChI is InChI=1S/C12H9N5O3/c1-6-13-12(16-14-6)17-15-9-10(18)7-4-2-3-5-8(7)20-11(9)19/h2-5,18H,1H3,(H,13,14,16). The number of aromatic nitrogens is 3. The van der Waals surface area contributed by atoms with Crippen molar-refractivity contribution in [2.45, 2.75) is 6.92 Å². The van der Waals surface area contributed by atoms with E-state index in [1.165, 1.54) is 0 Å². The van der Waals surface area contributed by atoms with Crippen LogP contribution in [0.5, 0.6) is 5.75 Å². The summed E-state index contributed by atoms with van der Waals surface area (Å²) in [5.74, 6) is 0.344. The van der Waals surface area contributed by atoms with Crippen molar-refractivity contribution >= 4 is 22.6 Å². The van der Waals surface area contributed by atoms with Gasteiger partial charge in [-0.15, -0.1) is 15.3 Å². The Labute approximate surface area is 111 Å². The fourth-order valence-corrected chi connectivity index (χ4v) is 1.68. The molecule has 20 heavy (non-hydrogen) atoms. The summed E-state index contributed by atoms with van der Waals surface area (Å²) in [7, 11) is 0. The fourth-order valence-electron chi connectivity index (χ4n) is 1.68. The third-order valence-corrected chi connectivity index (χ3v) is 2.59. The Hall–Kier alpha value is -3.03. The maximum atomic E-state index is 11.8. The summed E-state index contributed by atoms with van der Waals surface area (Å²) in [6.45, 7) is 1.70. The van der Waals surface area contributed by atoms with Crippen LogP contribution in [0.15, 0.2) is 43.7 Å². The maximum absolute atomic E-state index is 11.8. The molecule has 0 atom stereocenters. The number of hydrogen-bond donors (Lipinski definition) is 2. The van der Waals surface area contributed by atoms with Crippen molar-refractivity contribution in [3.05, 3.63) is 40.5 Å². The average Bonchev–Trinajstić information content (AvgIpc) is 2.84. The molecule has 8 heteroatoms. The number of hydrogen-bond acceptors (Lipinski definition) is 7. The highest BCUT2D eigenvalue weighted by atomic mass is 16.4. The second-order valence-corrected chi connectivity index (χ2v) is 4.00. The molecule has 0 aliphatic rings. The molecule has 8 nitrogen and oxygen atoms in total. The van der Waals surface area contributed by atoms with Crippen molar-refractivity contribution in [1.29, 1.82) is 0 Å². The zero-order valence-corrected chi connectivity index (χ0v) is 10.4. The monoisotopic (exact) mass is 271 g/mol. The molecular formula is C12H9N5O3. The minimum atomic E-state index is -0.780. The van der Waals surface area contributed by atoms with E-state index in [-0.39, 0.29) is 23.0 Å². The van der Waals surface area contributed by atoms with Crippen molar-refractivity contribution in [3.8, 4) is 5.75 Å². The van der Waals surface area contributed by atoms with Crippen LogP contribution in [0.4, 0.5) is 11.6 Å². The summed E-state index contributed by atoms with van der Waals surface area (Å²) in [5.41, 5.74) is -0.786. The molecule has 3 aromatic rings. The van der Waals surface area contributed by atoms with E-state index >= 15 is 0 Å². The quantitative estimate of drug-likeness (QED) is 0.548. The average molecular weight is 271 g/mol. The first-order chi connectivity index (χ1) is 9.65. The van der Waals surface area contributed by atoms with E-state index in [0.717, 1.165) is 0 Å². The lowest BCUT2D eigenvalue weighted by molar-refractivity contribution is 0.469. The number of fused-ring (bicyclic) bond motifs is 1. The van der Waals surface area contributed by atoms with E-state index in [4.69, 9.17) is 4.42 Å². The van der Waals surface area contributed by atoms with Crippen LogP contribution in [0, 0.1) is 6.92 Å². The van der Waals surface area contributed by atoms with Gasteiger partial charge in [-0.1, -0.05) is 12.1 Å². The SMILES string of the molecule is Cc1nc(N=Nc2c(O)c3ccccc3oc2=O)n[nH]1. The van der Waals surface area contributed by atoms with E-state index in [2.05, 4.69) is 25.4 Å². The number of H-pyrrole nitrogens is 1. The van der Waals surface area contributed by atoms with Crippen molar-refractivity contribution in [3.63, 3.8) is 0 Å². The molecule has 0 saturated heterocycles. The van der Waals surface area contributed by atoms with E-state index in [1.54, 1.807) is 31.2 Å². The van der Waals surface area contributed by atoms with Gasteiger partial charge < -0.3 is 9.52 Å². The molecule has 0 amide bonds. The number of aryl methyl sites for hydroxylation is 1. The zero-order chi connectivity index (χ0) is 14.1. The molecule has 3 rings (SSSR count). The van der Waals surface area contributed by atoms with Crippen LogP contribution in [0.1, 0.15) is 5.82 Å². The number of aromatic amines is 1. The van der Waals surface area contributed by atoms with Crippen LogP contribution in [0.2, 0.25) is 0 Å². The normalized spacial score (nSPS) is 11.4. The van der Waals surface area contributed by atoms with Gasteiger partial charge in [-0.05, 0) is 19.1 Å². The molecule has 1 aromatic carbocycles. The van der Waals surface area contributed by atoms with Gasteiger partial charge in [0, 0.05) is 0 Å². The number of rotatable bonds is 2. The van der Waals surface area contributed by atoms with Crippen LogP contribution in [0.25, 0.3) is 11.0 Å². The van der Waals surface area contributed by atoms with Gasteiger partial charge in [-0.3, -0.25) is 5.10 Å². The predicted octanol–water partition coefficient (Wildman–Crippen LogP) is 2.34. The minimum Gasteiger partial charge on any atom is -0.505 e. The Morgan fingerprint density at radius 1 is 1.30 bits per heavy atom. The third kappa shape index (κ3) is 2.03. The first-order valence-corrected chi connectivity index (χ1v) is 5.70. The summed E-state index contributed by atoms with van der Waals surface area (Å²) < 4.78 is 5.05. The molecule has 0 radical (unpaired) electrons. The second-order valence-electron chi connectivity index (χ2n) is 4.00. The van der Waals surface area contributed by atoms with Gasteiger partial charge in [0.05, 0.1) is 5.39 Å². The van der Waals surface area contributed by atoms with Crippen LogP contribution in [0.3, 0.4) is 0 Å². The van der Waals surface area contributed by atoms with Gasteiger partial charge in [0.25, 0.3) is 5.95 Å². The Morgan fingerprint density at radius 2 is 2.10 bits per heavy atom. The molecule has 0 saturated carbocycles. The number of benzene rings is 1. The highest BCUT2D eigenvalue weighted by Crippen LogP contribution is 2.31. The van der Waals surface area contributed by atoms with Crippen LogP contribution < -0.4 is 5.63 Å². The first-order valence-electron chi connectivity index (χ1n) is 5.70. The summed E-state index contributed by atoms with van der Waals surface area (Å²) in [6, 6.07) is 6.60. The number of para-hydroxylation sites is 1. The summed E-state index contributed by atoms with van der Waals surface area (Å²) in [5, 5.41) is 24.1. The van der Waals surface area contributed by atoms with E-state index in [0.29, 0.717) is 11.2 Å². The first kappa shape index (κ1) is 12.0. The molecule has 0 unspecified atom stereocenters. The summed E-state index contributed by atoms with van der Waals surface area (Å²) in [4.78, 5) is 15.7. The minimum absolute atomic E-state index is 0.0643. The van der Waals surface area contributed by atoms with Crippen LogP contribution >= 0.6 is 0 Å². The van der Waals surface area contributed by atoms with Crippen molar-refractivity contribution in [2.24, 2.45) is 10.2 Å². The molecule has 0 aliphatic heterocycles. The van der Waals surface area contributed by atoms with E-state index in [9.17, 15) is 9.90 Å². The smallest absolute Gasteiger partial charge is 0.368 e. The van der Waals surface area contributed by atoms with Gasteiger partial charge in [0.15, 0.2) is 5.75 Å². The highest BCUT2D eigenvalue weighted by Gasteiger charge is 2.13. The summed E-state index contributed by atoms with van der Waals surface area (Å²) in [6.07, 6.45) is 0. The molecule has 2 N–H and O–H groups in total. The molecule has 100 valence electrons. The Balaban J connectivity index is 2.12. The van der Waals surface area contributed by atoms with Crippen molar-refractivity contribution in [2.75, 3.05) is 0 Å². The van der Waals surface area contributed by atoms with Gasteiger partial charge in [-0.2, -0.15) is 4.98 Å². The van der Waals surface area contributed by atoms with Crippen molar-refractivity contribution in [1.82, 2.24) is 15.2 Å². The maximum Gasteiger partial charge on any atom is 0.368 e. The number of azo groups is 1. The number of aromatic hydroxyl groups is 1. The second kappa shape index (κ2) is 4.57. The van der Waals surface area contributed by atoms with Crippen LogP contribution in [-0.2, 0) is 0 Å². The Bertz CT molecular complexity index is 865. The molecular weight excluding hydrogens is 262 g/mol. The number of nitrogens with zero attached hydrogens (tertiary/aromatic N) is 4. The van der Waals surface area contributed by atoms with Gasteiger partial charge in [0.2, 0.25) is 5.69 Å². The largest absolute Gasteiger partial charge is 0.505 e. The lowest BCUT2D eigenvalue weighted by Gasteiger charge is -2.00. The van der Waals surface area contributed by atoms with Crippen LogP contribution in [-0.4, -0.2) is 20.3 Å².